The summed E-state index contributed by atoms with van der Waals surface area (Å²) in [6.45, 7) is 3.21. The average molecular weight is 466 g/mol. The maximum absolute atomic E-state index is 14.3. The molecule has 3 heterocycles. The standard InChI is InChI=1S/C21H17ClFN9O/c1-9-13(23)7-27-8-15(9)32-19(29-14-5-3-4-12(22)16(14)20(32)33)10(2)28-18-11(6-24)17(25)30-21(26)31-18/h3-5,7-8,10H,1-2H3,(H5,25,26,28,30,31)/t10-/m1/s1. The lowest BCUT2D eigenvalue weighted by molar-refractivity contribution is 0.607. The Kier molecular flexibility index (Phi) is 5.53. The van der Waals surface area contributed by atoms with Gasteiger partial charge in [-0.2, -0.15) is 15.2 Å². The molecule has 12 heteroatoms. The number of anilines is 3. The largest absolute Gasteiger partial charge is 0.382 e. The summed E-state index contributed by atoms with van der Waals surface area (Å²) in [6, 6.07) is 6.08. The average Bonchev–Trinajstić information content (AvgIpc) is 2.75. The number of nitrogens with zero attached hydrogens (tertiary/aromatic N) is 6. The Morgan fingerprint density at radius 1 is 1.24 bits per heavy atom. The van der Waals surface area contributed by atoms with E-state index in [1.807, 2.05) is 6.07 Å². The highest BCUT2D eigenvalue weighted by molar-refractivity contribution is 6.35. The molecule has 0 aliphatic heterocycles. The van der Waals surface area contributed by atoms with Crippen LogP contribution in [0.25, 0.3) is 16.6 Å². The number of pyridine rings is 1. The first kappa shape index (κ1) is 21.9. The third-order valence-electron chi connectivity index (χ3n) is 5.05. The number of nitrogen functional groups attached to an aromatic ring is 2. The second-order valence-electron chi connectivity index (χ2n) is 7.18. The molecule has 33 heavy (non-hydrogen) atoms. The lowest BCUT2D eigenvalue weighted by Gasteiger charge is -2.21. The summed E-state index contributed by atoms with van der Waals surface area (Å²) in [6.07, 6.45) is 2.42. The summed E-state index contributed by atoms with van der Waals surface area (Å²) < 4.78 is 15.6. The molecule has 5 N–H and O–H groups in total. The minimum absolute atomic E-state index is 0.0163. The summed E-state index contributed by atoms with van der Waals surface area (Å²) in [5.41, 5.74) is 11.7. The summed E-state index contributed by atoms with van der Waals surface area (Å²) in [5.74, 6) is -0.558. The fraction of sp³-hybridized carbons (Fsp3) is 0.143. The third-order valence-corrected chi connectivity index (χ3v) is 5.36. The maximum Gasteiger partial charge on any atom is 0.267 e. The van der Waals surface area contributed by atoms with Gasteiger partial charge < -0.3 is 16.8 Å². The highest BCUT2D eigenvalue weighted by atomic mass is 35.5. The van der Waals surface area contributed by atoms with Crippen LogP contribution in [0.1, 0.15) is 29.9 Å². The Morgan fingerprint density at radius 3 is 2.73 bits per heavy atom. The van der Waals surface area contributed by atoms with Crippen molar-refractivity contribution in [1.82, 2.24) is 24.5 Å². The maximum atomic E-state index is 14.3. The number of halogens is 2. The van der Waals surface area contributed by atoms with Crippen LogP contribution in [0, 0.1) is 24.1 Å². The van der Waals surface area contributed by atoms with Gasteiger partial charge in [-0.25, -0.2) is 9.37 Å². The van der Waals surface area contributed by atoms with Crippen LogP contribution in [0.15, 0.2) is 35.4 Å². The van der Waals surface area contributed by atoms with E-state index in [-0.39, 0.29) is 50.6 Å². The Bertz CT molecular complexity index is 1510. The normalized spacial score (nSPS) is 11.8. The van der Waals surface area contributed by atoms with Gasteiger partial charge in [0.1, 0.15) is 29.1 Å². The second-order valence-corrected chi connectivity index (χ2v) is 7.59. The minimum atomic E-state index is -0.718. The number of benzene rings is 1. The van der Waals surface area contributed by atoms with Gasteiger partial charge in [-0.05, 0) is 26.0 Å². The fourth-order valence-electron chi connectivity index (χ4n) is 3.43. The molecule has 0 bridgehead atoms. The number of nitrogens with one attached hydrogen (secondary N) is 1. The molecule has 1 aromatic carbocycles. The molecule has 4 aromatic rings. The van der Waals surface area contributed by atoms with Gasteiger partial charge in [-0.3, -0.25) is 14.3 Å². The van der Waals surface area contributed by atoms with Gasteiger partial charge in [0.2, 0.25) is 5.95 Å². The van der Waals surface area contributed by atoms with Crippen LogP contribution in [0.5, 0.6) is 0 Å². The predicted octanol–water partition coefficient (Wildman–Crippen LogP) is 2.88. The number of aromatic nitrogens is 5. The van der Waals surface area contributed by atoms with Crippen LogP contribution < -0.4 is 22.3 Å². The topological polar surface area (TPSA) is 161 Å². The lowest BCUT2D eigenvalue weighted by atomic mass is 10.1. The van der Waals surface area contributed by atoms with Crippen molar-refractivity contribution in [3.05, 3.63) is 68.7 Å². The van der Waals surface area contributed by atoms with Gasteiger partial charge >= 0.3 is 0 Å². The SMILES string of the molecule is Cc1c(F)cncc1-n1c([C@@H](C)Nc2nc(N)nc(N)c2C#N)nc2cccc(Cl)c2c1=O. The van der Waals surface area contributed by atoms with Crippen molar-refractivity contribution in [2.75, 3.05) is 16.8 Å². The van der Waals surface area contributed by atoms with E-state index in [1.165, 1.54) is 17.7 Å². The molecule has 4 rings (SSSR count). The predicted molar refractivity (Wildman–Crippen MR) is 122 cm³/mol. The summed E-state index contributed by atoms with van der Waals surface area (Å²) in [7, 11) is 0. The molecule has 0 amide bonds. The van der Waals surface area contributed by atoms with E-state index in [0.29, 0.717) is 5.52 Å². The smallest absolute Gasteiger partial charge is 0.267 e. The lowest BCUT2D eigenvalue weighted by Crippen LogP contribution is -2.28. The molecule has 0 saturated heterocycles. The zero-order valence-electron chi connectivity index (χ0n) is 17.5. The molecule has 0 saturated carbocycles. The molecular formula is C21H17ClFN9O. The zero-order chi connectivity index (χ0) is 23.9. The summed E-state index contributed by atoms with van der Waals surface area (Å²) in [4.78, 5) is 29.9. The van der Waals surface area contributed by atoms with Crippen LogP contribution in [0.2, 0.25) is 5.02 Å². The van der Waals surface area contributed by atoms with Crippen molar-refractivity contribution < 1.29 is 4.39 Å². The Balaban J connectivity index is 1.99. The monoisotopic (exact) mass is 465 g/mol. The van der Waals surface area contributed by atoms with E-state index in [4.69, 9.17) is 23.1 Å². The number of rotatable bonds is 4. The Labute approximate surface area is 191 Å². The highest BCUT2D eigenvalue weighted by Crippen LogP contribution is 2.27. The van der Waals surface area contributed by atoms with Gasteiger partial charge in [-0.15, -0.1) is 0 Å². The van der Waals surface area contributed by atoms with E-state index < -0.39 is 17.4 Å². The van der Waals surface area contributed by atoms with E-state index in [1.54, 1.807) is 25.1 Å². The van der Waals surface area contributed by atoms with Crippen molar-refractivity contribution in [3.8, 4) is 11.8 Å². The van der Waals surface area contributed by atoms with Gasteiger partial charge in [0.25, 0.3) is 5.56 Å². The van der Waals surface area contributed by atoms with Crippen LogP contribution in [-0.2, 0) is 0 Å². The van der Waals surface area contributed by atoms with Crippen molar-refractivity contribution in [2.24, 2.45) is 0 Å². The zero-order valence-corrected chi connectivity index (χ0v) is 18.2. The van der Waals surface area contributed by atoms with Crippen molar-refractivity contribution >= 4 is 40.1 Å². The molecular weight excluding hydrogens is 449 g/mol. The van der Waals surface area contributed by atoms with Gasteiger partial charge in [0.05, 0.1) is 40.0 Å². The van der Waals surface area contributed by atoms with Crippen LogP contribution in [0.3, 0.4) is 0 Å². The number of nitrogens with two attached hydrogens (primary N) is 2. The molecule has 10 nitrogen and oxygen atoms in total. The van der Waals surface area contributed by atoms with E-state index in [2.05, 4.69) is 25.3 Å². The first-order chi connectivity index (χ1) is 15.7. The van der Waals surface area contributed by atoms with Crippen molar-refractivity contribution in [1.29, 1.82) is 5.26 Å². The highest BCUT2D eigenvalue weighted by Gasteiger charge is 2.23. The first-order valence-corrected chi connectivity index (χ1v) is 10.0. The number of hydrogen-bond acceptors (Lipinski definition) is 9. The van der Waals surface area contributed by atoms with Crippen molar-refractivity contribution in [3.63, 3.8) is 0 Å². The second kappa shape index (κ2) is 8.33. The third kappa shape index (κ3) is 3.77. The number of hydrogen-bond donors (Lipinski definition) is 3. The fourth-order valence-corrected chi connectivity index (χ4v) is 3.68. The summed E-state index contributed by atoms with van der Waals surface area (Å²) in [5, 5.41) is 12.8. The molecule has 0 radical (unpaired) electrons. The minimum Gasteiger partial charge on any atom is -0.382 e. The molecule has 0 unspecified atom stereocenters. The van der Waals surface area contributed by atoms with Gasteiger partial charge in [0.15, 0.2) is 5.82 Å². The summed E-state index contributed by atoms with van der Waals surface area (Å²) >= 11 is 6.29. The Morgan fingerprint density at radius 2 is 2.00 bits per heavy atom. The number of fused-ring (bicyclic) bond motifs is 1. The van der Waals surface area contributed by atoms with Crippen molar-refractivity contribution in [2.45, 2.75) is 19.9 Å². The molecule has 166 valence electrons. The molecule has 0 aliphatic carbocycles. The van der Waals surface area contributed by atoms with Gasteiger partial charge in [-0.1, -0.05) is 17.7 Å². The van der Waals surface area contributed by atoms with E-state index >= 15 is 0 Å². The van der Waals surface area contributed by atoms with E-state index in [0.717, 1.165) is 6.20 Å². The van der Waals surface area contributed by atoms with Crippen LogP contribution in [0.4, 0.5) is 22.0 Å². The molecule has 3 aromatic heterocycles. The quantitative estimate of drug-likeness (QED) is 0.411. The molecule has 0 aliphatic rings. The first-order valence-electron chi connectivity index (χ1n) is 9.64. The number of nitriles is 1. The Hall–Kier alpha value is -4.30. The molecule has 1 atom stereocenters. The van der Waals surface area contributed by atoms with Crippen LogP contribution in [-0.4, -0.2) is 24.5 Å². The molecule has 0 fully saturated rings. The van der Waals surface area contributed by atoms with E-state index in [9.17, 15) is 14.4 Å². The van der Waals surface area contributed by atoms with Gasteiger partial charge in [0, 0.05) is 5.56 Å². The molecule has 0 spiro atoms. The van der Waals surface area contributed by atoms with Crippen LogP contribution >= 0.6 is 11.6 Å².